The van der Waals surface area contributed by atoms with Crippen molar-refractivity contribution in [3.63, 3.8) is 0 Å². The van der Waals surface area contributed by atoms with Gasteiger partial charge in [0.15, 0.2) is 0 Å². The zero-order chi connectivity index (χ0) is 9.42. The number of rotatable bonds is 3. The molecule has 13 heavy (non-hydrogen) atoms. The molecular weight excluding hydrogens is 164 g/mol. The molecule has 1 heterocycles. The second-order valence-electron chi connectivity index (χ2n) is 3.88. The smallest absolute Gasteiger partial charge is 0.0753 e. The summed E-state index contributed by atoms with van der Waals surface area (Å²) in [5, 5.41) is 7.72. The van der Waals surface area contributed by atoms with Crippen LogP contribution in [0, 0.1) is 11.8 Å². The second kappa shape index (κ2) is 3.10. The molecule has 0 bridgehead atoms. The summed E-state index contributed by atoms with van der Waals surface area (Å²) in [5.74, 6) is 1.48. The molecule has 0 spiro atoms. The van der Waals surface area contributed by atoms with Crippen molar-refractivity contribution in [3.05, 3.63) is 11.9 Å². The molecule has 3 atom stereocenters. The molecule has 0 radical (unpaired) electrons. The lowest BCUT2D eigenvalue weighted by Gasteiger charge is -2.09. The van der Waals surface area contributed by atoms with Crippen molar-refractivity contribution in [1.82, 2.24) is 15.0 Å². The first-order valence-corrected chi connectivity index (χ1v) is 4.84. The van der Waals surface area contributed by atoms with Crippen LogP contribution in [-0.4, -0.2) is 15.0 Å². The Bertz CT molecular complexity index is 294. The van der Waals surface area contributed by atoms with E-state index in [0.29, 0.717) is 5.92 Å². The molecule has 0 aliphatic heterocycles. The van der Waals surface area contributed by atoms with E-state index in [1.165, 1.54) is 12.8 Å². The number of nitrogens with two attached hydrogens (primary N) is 1. The molecule has 72 valence electrons. The molecule has 0 aromatic carbocycles. The third-order valence-electron chi connectivity index (χ3n) is 3.05. The van der Waals surface area contributed by atoms with E-state index in [4.69, 9.17) is 5.73 Å². The van der Waals surface area contributed by atoms with E-state index in [-0.39, 0.29) is 6.04 Å². The highest BCUT2D eigenvalue weighted by atomic mass is 15.4. The highest BCUT2D eigenvalue weighted by Gasteiger charge is 2.41. The summed E-state index contributed by atoms with van der Waals surface area (Å²) >= 11 is 0. The molecular formula is C9H16N4. The maximum absolute atomic E-state index is 6.11. The maximum Gasteiger partial charge on any atom is 0.0753 e. The van der Waals surface area contributed by atoms with Gasteiger partial charge in [0.1, 0.15) is 0 Å². The Morgan fingerprint density at radius 3 is 3.00 bits per heavy atom. The van der Waals surface area contributed by atoms with Crippen LogP contribution in [0.5, 0.6) is 0 Å². The molecule has 4 nitrogen and oxygen atoms in total. The number of nitrogens with zero attached hydrogens (tertiary/aromatic N) is 3. The maximum atomic E-state index is 6.11. The van der Waals surface area contributed by atoms with Crippen LogP contribution in [0.25, 0.3) is 0 Å². The van der Waals surface area contributed by atoms with Crippen molar-refractivity contribution in [2.24, 2.45) is 24.6 Å². The second-order valence-corrected chi connectivity index (χ2v) is 3.88. The standard InChI is InChI=1S/C9H16N4/c1-3-6-4-7(6)9(10)8-5-11-12-13(8)2/h5-7,9H,3-4,10H2,1-2H3/t6-,7-,9?/m1/s1. The first-order valence-electron chi connectivity index (χ1n) is 4.84. The van der Waals surface area contributed by atoms with Gasteiger partial charge in [-0.3, -0.25) is 4.68 Å². The Morgan fingerprint density at radius 1 is 1.77 bits per heavy atom. The van der Waals surface area contributed by atoms with Gasteiger partial charge < -0.3 is 5.73 Å². The molecule has 1 unspecified atom stereocenters. The van der Waals surface area contributed by atoms with E-state index in [1.54, 1.807) is 10.9 Å². The van der Waals surface area contributed by atoms with Gasteiger partial charge in [-0.2, -0.15) is 0 Å². The Morgan fingerprint density at radius 2 is 2.54 bits per heavy atom. The van der Waals surface area contributed by atoms with E-state index < -0.39 is 0 Å². The molecule has 2 rings (SSSR count). The molecule has 1 aromatic rings. The molecule has 2 N–H and O–H groups in total. The summed E-state index contributed by atoms with van der Waals surface area (Å²) in [6.45, 7) is 2.22. The van der Waals surface area contributed by atoms with E-state index in [1.807, 2.05) is 7.05 Å². The minimum absolute atomic E-state index is 0.130. The number of aryl methyl sites for hydroxylation is 1. The zero-order valence-electron chi connectivity index (χ0n) is 8.14. The van der Waals surface area contributed by atoms with Crippen LogP contribution in [0.2, 0.25) is 0 Å². The first-order chi connectivity index (χ1) is 6.24. The zero-order valence-corrected chi connectivity index (χ0v) is 8.14. The Hall–Kier alpha value is -0.900. The highest BCUT2D eigenvalue weighted by molar-refractivity contribution is 5.08. The van der Waals surface area contributed by atoms with Gasteiger partial charge in [0.2, 0.25) is 0 Å². The van der Waals surface area contributed by atoms with Crippen molar-refractivity contribution in [2.75, 3.05) is 0 Å². The van der Waals surface area contributed by atoms with Gasteiger partial charge in [0, 0.05) is 7.05 Å². The lowest BCUT2D eigenvalue weighted by molar-refractivity contribution is 0.524. The minimum Gasteiger partial charge on any atom is -0.322 e. The van der Waals surface area contributed by atoms with Crippen LogP contribution in [0.1, 0.15) is 31.5 Å². The molecule has 0 saturated heterocycles. The number of hydrogen-bond acceptors (Lipinski definition) is 3. The lowest BCUT2D eigenvalue weighted by Crippen LogP contribution is -2.17. The average Bonchev–Trinajstić information content (AvgIpc) is 2.80. The summed E-state index contributed by atoms with van der Waals surface area (Å²) in [6, 6.07) is 0.130. The van der Waals surface area contributed by atoms with Crippen LogP contribution in [-0.2, 0) is 7.05 Å². The molecule has 0 amide bonds. The van der Waals surface area contributed by atoms with E-state index >= 15 is 0 Å². The molecule has 1 aliphatic carbocycles. The van der Waals surface area contributed by atoms with E-state index in [0.717, 1.165) is 11.6 Å². The van der Waals surface area contributed by atoms with Crippen molar-refractivity contribution in [2.45, 2.75) is 25.8 Å². The average molecular weight is 180 g/mol. The van der Waals surface area contributed by atoms with Crippen molar-refractivity contribution in [1.29, 1.82) is 0 Å². The molecule has 1 aromatic heterocycles. The fourth-order valence-corrected chi connectivity index (χ4v) is 2.00. The third-order valence-corrected chi connectivity index (χ3v) is 3.05. The predicted molar refractivity (Wildman–Crippen MR) is 49.8 cm³/mol. The van der Waals surface area contributed by atoms with Crippen LogP contribution in [0.3, 0.4) is 0 Å². The summed E-state index contributed by atoms with van der Waals surface area (Å²) < 4.78 is 1.77. The van der Waals surface area contributed by atoms with Gasteiger partial charge in [-0.15, -0.1) is 5.10 Å². The van der Waals surface area contributed by atoms with Crippen LogP contribution >= 0.6 is 0 Å². The van der Waals surface area contributed by atoms with E-state index in [2.05, 4.69) is 17.2 Å². The van der Waals surface area contributed by atoms with Crippen molar-refractivity contribution in [3.8, 4) is 0 Å². The Balaban J connectivity index is 2.06. The van der Waals surface area contributed by atoms with Gasteiger partial charge >= 0.3 is 0 Å². The molecule has 4 heteroatoms. The van der Waals surface area contributed by atoms with Crippen LogP contribution in [0.15, 0.2) is 6.20 Å². The van der Waals surface area contributed by atoms with Gasteiger partial charge in [0.05, 0.1) is 17.9 Å². The SMILES string of the molecule is CC[C@@H]1C[C@H]1C(N)c1cnnn1C. The summed E-state index contributed by atoms with van der Waals surface area (Å²) in [6.07, 6.45) is 4.28. The first kappa shape index (κ1) is 8.69. The topological polar surface area (TPSA) is 56.7 Å². The summed E-state index contributed by atoms with van der Waals surface area (Å²) in [5.41, 5.74) is 7.17. The van der Waals surface area contributed by atoms with Crippen LogP contribution < -0.4 is 5.73 Å². The third kappa shape index (κ3) is 1.46. The van der Waals surface area contributed by atoms with Crippen LogP contribution in [0.4, 0.5) is 0 Å². The van der Waals surface area contributed by atoms with Crippen molar-refractivity contribution >= 4 is 0 Å². The Labute approximate surface area is 78.1 Å². The Kier molecular flexibility index (Phi) is 2.07. The predicted octanol–water partition coefficient (Wildman–Crippen LogP) is 0.861. The van der Waals surface area contributed by atoms with Gasteiger partial charge in [-0.25, -0.2) is 0 Å². The number of aromatic nitrogens is 3. The van der Waals surface area contributed by atoms with Gasteiger partial charge in [-0.1, -0.05) is 18.6 Å². The molecule has 1 saturated carbocycles. The monoisotopic (exact) mass is 180 g/mol. The van der Waals surface area contributed by atoms with E-state index in [9.17, 15) is 0 Å². The normalized spacial score (nSPS) is 28.8. The summed E-state index contributed by atoms with van der Waals surface area (Å²) in [7, 11) is 1.89. The summed E-state index contributed by atoms with van der Waals surface area (Å²) in [4.78, 5) is 0. The fourth-order valence-electron chi connectivity index (χ4n) is 2.00. The number of hydrogen-bond donors (Lipinski definition) is 1. The minimum atomic E-state index is 0.130. The molecule has 1 fully saturated rings. The lowest BCUT2D eigenvalue weighted by atomic mass is 10.1. The van der Waals surface area contributed by atoms with Gasteiger partial charge in [0.25, 0.3) is 0 Å². The van der Waals surface area contributed by atoms with Crippen molar-refractivity contribution < 1.29 is 0 Å². The van der Waals surface area contributed by atoms with Gasteiger partial charge in [-0.05, 0) is 18.3 Å². The quantitative estimate of drug-likeness (QED) is 0.750. The molecule has 1 aliphatic rings. The highest BCUT2D eigenvalue weighted by Crippen LogP contribution is 2.47. The largest absolute Gasteiger partial charge is 0.322 e. The fraction of sp³-hybridized carbons (Fsp3) is 0.778.